The monoisotopic (exact) mass is 369 g/mol. The van der Waals surface area contributed by atoms with Gasteiger partial charge in [-0.25, -0.2) is 19.3 Å². The fourth-order valence-electron chi connectivity index (χ4n) is 2.69. The molecule has 0 atom stereocenters. The van der Waals surface area contributed by atoms with Gasteiger partial charge in [0.15, 0.2) is 5.82 Å². The minimum atomic E-state index is -0.300. The molecule has 2 heterocycles. The number of nitrogens with one attached hydrogen (secondary N) is 1. The van der Waals surface area contributed by atoms with Crippen molar-refractivity contribution in [3.63, 3.8) is 0 Å². The summed E-state index contributed by atoms with van der Waals surface area (Å²) < 4.78 is 21.1. The van der Waals surface area contributed by atoms with E-state index >= 15 is 0 Å². The Bertz CT molecular complexity index is 894. The Morgan fingerprint density at radius 3 is 2.81 bits per heavy atom. The maximum atomic E-state index is 13.7. The highest BCUT2D eigenvalue weighted by Gasteiger charge is 2.15. The molecule has 1 aromatic carbocycles. The number of halogens is 1. The normalized spacial score (nSPS) is 11.1. The van der Waals surface area contributed by atoms with E-state index in [1.165, 1.54) is 12.1 Å². The van der Waals surface area contributed by atoms with Crippen molar-refractivity contribution >= 4 is 5.95 Å². The second-order valence-electron chi connectivity index (χ2n) is 6.53. The molecule has 0 bridgehead atoms. The van der Waals surface area contributed by atoms with Crippen LogP contribution in [0, 0.1) is 5.82 Å². The lowest BCUT2D eigenvalue weighted by Crippen LogP contribution is -2.11. The third kappa shape index (κ3) is 4.89. The summed E-state index contributed by atoms with van der Waals surface area (Å²) in [6, 6.07) is 6.40. The lowest BCUT2D eigenvalue weighted by Gasteiger charge is -2.12. The number of hydrogen-bond acceptors (Lipinski definition) is 5. The first-order valence-corrected chi connectivity index (χ1v) is 9.00. The Morgan fingerprint density at radius 1 is 1.26 bits per heavy atom. The summed E-state index contributed by atoms with van der Waals surface area (Å²) in [7, 11) is 1.90. The molecular formula is C20H24FN5O. The van der Waals surface area contributed by atoms with Gasteiger partial charge < -0.3 is 14.6 Å². The van der Waals surface area contributed by atoms with Crippen molar-refractivity contribution in [3.05, 3.63) is 48.7 Å². The number of anilines is 1. The van der Waals surface area contributed by atoms with Crippen molar-refractivity contribution in [1.82, 2.24) is 19.5 Å². The van der Waals surface area contributed by atoms with Gasteiger partial charge in [-0.1, -0.05) is 12.1 Å². The SMILES string of the molecule is CC(C)OCCCNc1ncc(-c2cccc(F)c2)c(-c2nccn2C)n1. The number of imidazole rings is 1. The summed E-state index contributed by atoms with van der Waals surface area (Å²) in [5, 5.41) is 3.22. The van der Waals surface area contributed by atoms with Crippen LogP contribution in [0.3, 0.4) is 0 Å². The second-order valence-corrected chi connectivity index (χ2v) is 6.53. The van der Waals surface area contributed by atoms with Crippen LogP contribution >= 0.6 is 0 Å². The summed E-state index contributed by atoms with van der Waals surface area (Å²) >= 11 is 0. The summed E-state index contributed by atoms with van der Waals surface area (Å²) in [5.74, 6) is 0.909. The molecule has 3 aromatic rings. The van der Waals surface area contributed by atoms with Crippen LogP contribution in [0.15, 0.2) is 42.9 Å². The second kappa shape index (κ2) is 8.73. The van der Waals surface area contributed by atoms with E-state index in [4.69, 9.17) is 4.74 Å². The first kappa shape index (κ1) is 19.0. The van der Waals surface area contributed by atoms with E-state index in [1.807, 2.05) is 37.7 Å². The molecule has 1 N–H and O–H groups in total. The lowest BCUT2D eigenvalue weighted by molar-refractivity contribution is 0.0787. The third-order valence-corrected chi connectivity index (χ3v) is 4.01. The third-order valence-electron chi connectivity index (χ3n) is 4.01. The van der Waals surface area contributed by atoms with Gasteiger partial charge in [-0.3, -0.25) is 0 Å². The van der Waals surface area contributed by atoms with Crippen LogP contribution in [0.5, 0.6) is 0 Å². The molecule has 0 aliphatic heterocycles. The largest absolute Gasteiger partial charge is 0.379 e. The number of benzene rings is 1. The van der Waals surface area contributed by atoms with Crippen molar-refractivity contribution in [1.29, 1.82) is 0 Å². The van der Waals surface area contributed by atoms with E-state index in [-0.39, 0.29) is 11.9 Å². The van der Waals surface area contributed by atoms with Gasteiger partial charge in [0, 0.05) is 44.4 Å². The van der Waals surface area contributed by atoms with E-state index < -0.39 is 0 Å². The van der Waals surface area contributed by atoms with Crippen LogP contribution in [0.2, 0.25) is 0 Å². The highest BCUT2D eigenvalue weighted by molar-refractivity contribution is 5.78. The molecule has 3 rings (SSSR count). The molecule has 0 saturated heterocycles. The highest BCUT2D eigenvalue weighted by atomic mass is 19.1. The predicted molar refractivity (Wildman–Crippen MR) is 104 cm³/mol. The fourth-order valence-corrected chi connectivity index (χ4v) is 2.69. The van der Waals surface area contributed by atoms with Crippen molar-refractivity contribution in [2.75, 3.05) is 18.5 Å². The standard InChI is InChI=1S/C20H24FN5O/c1-14(2)27-11-5-8-23-20-24-13-17(15-6-4-7-16(21)12-15)18(25-20)19-22-9-10-26(19)3/h4,6-7,9-10,12-14H,5,8,11H2,1-3H3,(H,23,24,25). The molecule has 142 valence electrons. The minimum Gasteiger partial charge on any atom is -0.379 e. The maximum Gasteiger partial charge on any atom is 0.223 e. The van der Waals surface area contributed by atoms with E-state index in [2.05, 4.69) is 20.3 Å². The zero-order valence-corrected chi connectivity index (χ0v) is 15.8. The van der Waals surface area contributed by atoms with Crippen LogP contribution in [0.4, 0.5) is 10.3 Å². The molecule has 0 spiro atoms. The van der Waals surface area contributed by atoms with Gasteiger partial charge in [-0.2, -0.15) is 0 Å². The summed E-state index contributed by atoms with van der Waals surface area (Å²) in [4.78, 5) is 13.4. The number of ether oxygens (including phenoxy) is 1. The minimum absolute atomic E-state index is 0.224. The van der Waals surface area contributed by atoms with Gasteiger partial charge in [0.05, 0.1) is 6.10 Å². The topological polar surface area (TPSA) is 64.9 Å². The van der Waals surface area contributed by atoms with E-state index in [0.29, 0.717) is 36.2 Å². The van der Waals surface area contributed by atoms with Crippen molar-refractivity contribution in [2.45, 2.75) is 26.4 Å². The average Bonchev–Trinajstić information content (AvgIpc) is 3.07. The average molecular weight is 369 g/mol. The molecule has 6 nitrogen and oxygen atoms in total. The fraction of sp³-hybridized carbons (Fsp3) is 0.350. The van der Waals surface area contributed by atoms with Gasteiger partial charge >= 0.3 is 0 Å². The maximum absolute atomic E-state index is 13.7. The van der Waals surface area contributed by atoms with E-state index in [1.54, 1.807) is 18.5 Å². The molecule has 0 fully saturated rings. The van der Waals surface area contributed by atoms with Crippen molar-refractivity contribution in [2.24, 2.45) is 7.05 Å². The Labute approximate surface area is 158 Å². The Balaban J connectivity index is 1.86. The van der Waals surface area contributed by atoms with E-state index in [9.17, 15) is 4.39 Å². The number of hydrogen-bond donors (Lipinski definition) is 1. The summed E-state index contributed by atoms with van der Waals surface area (Å²) in [5.41, 5.74) is 2.10. The van der Waals surface area contributed by atoms with E-state index in [0.717, 1.165) is 12.0 Å². The Kier molecular flexibility index (Phi) is 6.13. The van der Waals surface area contributed by atoms with Crippen molar-refractivity contribution < 1.29 is 9.13 Å². The zero-order valence-electron chi connectivity index (χ0n) is 15.8. The van der Waals surface area contributed by atoms with Crippen LogP contribution in [-0.4, -0.2) is 38.8 Å². The first-order chi connectivity index (χ1) is 13.0. The lowest BCUT2D eigenvalue weighted by atomic mass is 10.1. The molecule has 0 aliphatic carbocycles. The number of aryl methyl sites for hydroxylation is 1. The Morgan fingerprint density at radius 2 is 2.11 bits per heavy atom. The molecule has 0 radical (unpaired) electrons. The molecule has 0 amide bonds. The smallest absolute Gasteiger partial charge is 0.223 e. The van der Waals surface area contributed by atoms with Crippen molar-refractivity contribution in [3.8, 4) is 22.6 Å². The van der Waals surface area contributed by atoms with Gasteiger partial charge in [0.25, 0.3) is 0 Å². The molecule has 2 aromatic heterocycles. The van der Waals surface area contributed by atoms with Gasteiger partial charge in [0.1, 0.15) is 11.5 Å². The molecule has 0 unspecified atom stereocenters. The van der Waals surface area contributed by atoms with Crippen LogP contribution < -0.4 is 5.32 Å². The van der Waals surface area contributed by atoms with Crippen LogP contribution in [-0.2, 0) is 11.8 Å². The molecule has 7 heteroatoms. The Hall–Kier alpha value is -2.80. The number of nitrogens with zero attached hydrogens (tertiary/aromatic N) is 4. The highest BCUT2D eigenvalue weighted by Crippen LogP contribution is 2.30. The quantitative estimate of drug-likeness (QED) is 0.610. The predicted octanol–water partition coefficient (Wildman–Crippen LogP) is 3.91. The summed E-state index contributed by atoms with van der Waals surface area (Å²) in [6.45, 7) is 5.41. The number of rotatable bonds is 8. The van der Waals surface area contributed by atoms with Crippen LogP contribution in [0.1, 0.15) is 20.3 Å². The van der Waals surface area contributed by atoms with Crippen LogP contribution in [0.25, 0.3) is 22.6 Å². The molecule has 27 heavy (non-hydrogen) atoms. The molecule has 0 aliphatic rings. The first-order valence-electron chi connectivity index (χ1n) is 9.00. The van der Waals surface area contributed by atoms with Gasteiger partial charge in [-0.05, 0) is 38.0 Å². The van der Waals surface area contributed by atoms with Gasteiger partial charge in [-0.15, -0.1) is 0 Å². The molecular weight excluding hydrogens is 345 g/mol. The summed E-state index contributed by atoms with van der Waals surface area (Å²) in [6.07, 6.45) is 6.34. The molecule has 0 saturated carbocycles. The number of aromatic nitrogens is 4. The van der Waals surface area contributed by atoms with Gasteiger partial charge in [0.2, 0.25) is 5.95 Å². The zero-order chi connectivity index (χ0) is 19.2.